The monoisotopic (exact) mass is 282 g/mol. The van der Waals surface area contributed by atoms with Gasteiger partial charge in [-0.2, -0.15) is 13.2 Å². The number of carbonyl (C=O) groups is 1. The number of carbonyl (C=O) groups excluding carboxylic acids is 1. The van der Waals surface area contributed by atoms with E-state index in [0.717, 1.165) is 25.9 Å². The third-order valence-electron chi connectivity index (χ3n) is 3.28. The van der Waals surface area contributed by atoms with Crippen LogP contribution in [0.25, 0.3) is 0 Å². The molecule has 0 saturated carbocycles. The van der Waals surface area contributed by atoms with Crippen LogP contribution >= 0.6 is 0 Å². The van der Waals surface area contributed by atoms with Crippen LogP contribution in [0.2, 0.25) is 0 Å². The summed E-state index contributed by atoms with van der Waals surface area (Å²) in [6.07, 6.45) is -3.39. The van der Waals surface area contributed by atoms with Crippen molar-refractivity contribution >= 4 is 5.91 Å². The molecule has 1 amide bonds. The van der Waals surface area contributed by atoms with E-state index >= 15 is 0 Å². The van der Waals surface area contributed by atoms with E-state index in [1.54, 1.807) is 0 Å². The molecule has 2 atom stereocenters. The van der Waals surface area contributed by atoms with E-state index in [-0.39, 0.29) is 6.04 Å². The largest absolute Gasteiger partial charge is 0.411 e. The van der Waals surface area contributed by atoms with Crippen molar-refractivity contribution in [1.29, 1.82) is 0 Å². The Morgan fingerprint density at radius 2 is 2.21 bits per heavy atom. The van der Waals surface area contributed by atoms with Gasteiger partial charge in [0.05, 0.1) is 0 Å². The van der Waals surface area contributed by atoms with E-state index in [0.29, 0.717) is 6.54 Å². The molecule has 1 rings (SSSR count). The van der Waals surface area contributed by atoms with Crippen LogP contribution < -0.4 is 5.32 Å². The minimum absolute atomic E-state index is 0.281. The van der Waals surface area contributed by atoms with E-state index in [2.05, 4.69) is 21.9 Å². The number of hydrogen-bond donors (Lipinski definition) is 1. The van der Waals surface area contributed by atoms with Crippen LogP contribution in [-0.4, -0.2) is 55.4 Å². The van der Waals surface area contributed by atoms with Crippen molar-refractivity contribution in [2.45, 2.75) is 45.0 Å². The van der Waals surface area contributed by atoms with Gasteiger partial charge in [0.2, 0.25) is 5.91 Å². The van der Waals surface area contributed by atoms with Gasteiger partial charge in [-0.3, -0.25) is 9.69 Å². The van der Waals surface area contributed by atoms with Crippen LogP contribution in [-0.2, 0) is 9.53 Å². The smallest absolute Gasteiger partial charge is 0.359 e. The summed E-state index contributed by atoms with van der Waals surface area (Å²) in [6.45, 7) is 4.37. The van der Waals surface area contributed by atoms with E-state index in [9.17, 15) is 18.0 Å². The zero-order chi connectivity index (χ0) is 14.5. The molecule has 0 radical (unpaired) electrons. The molecule has 0 aromatic carbocycles. The molecule has 112 valence electrons. The molecule has 1 heterocycles. The Kier molecular flexibility index (Phi) is 6.06. The molecule has 1 aliphatic heterocycles. The number of rotatable bonds is 6. The predicted octanol–water partition coefficient (Wildman–Crippen LogP) is 1.55. The van der Waals surface area contributed by atoms with Gasteiger partial charge in [0.25, 0.3) is 0 Å². The van der Waals surface area contributed by atoms with Crippen molar-refractivity contribution in [3.05, 3.63) is 0 Å². The summed E-state index contributed by atoms with van der Waals surface area (Å²) in [5, 5.41) is 2.65. The Morgan fingerprint density at radius 3 is 2.79 bits per heavy atom. The molecular formula is C12H21F3N2O2. The van der Waals surface area contributed by atoms with Gasteiger partial charge in [-0.05, 0) is 32.9 Å². The minimum atomic E-state index is -4.40. The molecular weight excluding hydrogens is 261 g/mol. The van der Waals surface area contributed by atoms with Crippen molar-refractivity contribution in [2.75, 3.05) is 26.2 Å². The lowest BCUT2D eigenvalue weighted by Gasteiger charge is -2.23. The number of likely N-dealkylation sites (tertiary alicyclic amines) is 1. The predicted molar refractivity (Wildman–Crippen MR) is 64.7 cm³/mol. The number of amides is 1. The summed E-state index contributed by atoms with van der Waals surface area (Å²) < 4.78 is 40.3. The lowest BCUT2D eigenvalue weighted by atomic mass is 10.2. The molecule has 1 saturated heterocycles. The zero-order valence-corrected chi connectivity index (χ0v) is 11.3. The fourth-order valence-electron chi connectivity index (χ4n) is 2.20. The zero-order valence-electron chi connectivity index (χ0n) is 11.3. The van der Waals surface area contributed by atoms with Crippen LogP contribution in [0.3, 0.4) is 0 Å². The first-order valence-electron chi connectivity index (χ1n) is 6.53. The van der Waals surface area contributed by atoms with Gasteiger partial charge in [0.1, 0.15) is 12.7 Å². The fraction of sp³-hybridized carbons (Fsp3) is 0.917. The van der Waals surface area contributed by atoms with Gasteiger partial charge < -0.3 is 10.1 Å². The molecule has 19 heavy (non-hydrogen) atoms. The molecule has 0 spiro atoms. The topological polar surface area (TPSA) is 41.6 Å². The Morgan fingerprint density at radius 1 is 1.53 bits per heavy atom. The summed E-state index contributed by atoms with van der Waals surface area (Å²) in [4.78, 5) is 13.8. The lowest BCUT2D eigenvalue weighted by molar-refractivity contribution is -0.185. The third kappa shape index (κ3) is 5.78. The summed E-state index contributed by atoms with van der Waals surface area (Å²) in [6, 6.07) is 0.281. The normalized spacial score (nSPS) is 22.5. The first kappa shape index (κ1) is 16.2. The number of alkyl halides is 3. The number of likely N-dealkylation sites (N-methyl/N-ethyl adjacent to an activating group) is 1. The van der Waals surface area contributed by atoms with Gasteiger partial charge in [-0.1, -0.05) is 6.92 Å². The number of hydrogen-bond acceptors (Lipinski definition) is 3. The maximum Gasteiger partial charge on any atom is 0.411 e. The van der Waals surface area contributed by atoms with Crippen LogP contribution in [0.4, 0.5) is 13.2 Å². The molecule has 4 nitrogen and oxygen atoms in total. The standard InChI is InChI=1S/C12H21F3N2O2/c1-3-17-6-4-5-10(17)7-16-11(18)9(2)19-8-12(13,14)15/h9-10H,3-8H2,1-2H3,(H,16,18)/t9-,10+/m0/s1. The Balaban J connectivity index is 2.26. The van der Waals surface area contributed by atoms with Gasteiger partial charge in [0, 0.05) is 12.6 Å². The molecule has 0 unspecified atom stereocenters. The van der Waals surface area contributed by atoms with E-state index < -0.39 is 24.8 Å². The van der Waals surface area contributed by atoms with Crippen molar-refractivity contribution in [3.8, 4) is 0 Å². The molecule has 1 aliphatic rings. The molecule has 0 bridgehead atoms. The van der Waals surface area contributed by atoms with Gasteiger partial charge in [-0.15, -0.1) is 0 Å². The van der Waals surface area contributed by atoms with Crippen molar-refractivity contribution in [2.24, 2.45) is 0 Å². The highest BCUT2D eigenvalue weighted by Crippen LogP contribution is 2.16. The van der Waals surface area contributed by atoms with Crippen molar-refractivity contribution in [3.63, 3.8) is 0 Å². The highest BCUT2D eigenvalue weighted by atomic mass is 19.4. The number of ether oxygens (including phenoxy) is 1. The average molecular weight is 282 g/mol. The summed E-state index contributed by atoms with van der Waals surface area (Å²) in [7, 11) is 0. The quantitative estimate of drug-likeness (QED) is 0.804. The first-order chi connectivity index (χ1) is 8.83. The van der Waals surface area contributed by atoms with Crippen molar-refractivity contribution < 1.29 is 22.7 Å². The van der Waals surface area contributed by atoms with Gasteiger partial charge in [0.15, 0.2) is 0 Å². The summed E-state index contributed by atoms with van der Waals surface area (Å²) in [5.41, 5.74) is 0. The van der Waals surface area contributed by atoms with E-state index in [4.69, 9.17) is 0 Å². The van der Waals surface area contributed by atoms with Crippen LogP contribution in [0, 0.1) is 0 Å². The van der Waals surface area contributed by atoms with E-state index in [1.165, 1.54) is 6.92 Å². The highest BCUT2D eigenvalue weighted by molar-refractivity contribution is 5.80. The average Bonchev–Trinajstić information content (AvgIpc) is 2.79. The molecule has 7 heteroatoms. The third-order valence-corrected chi connectivity index (χ3v) is 3.28. The van der Waals surface area contributed by atoms with Gasteiger partial charge in [-0.25, -0.2) is 0 Å². The second kappa shape index (κ2) is 7.09. The SMILES string of the molecule is CCN1CCC[C@@H]1CNC(=O)[C@H](C)OCC(F)(F)F. The summed E-state index contributed by atoms with van der Waals surface area (Å²) >= 11 is 0. The molecule has 1 N–H and O–H groups in total. The maximum absolute atomic E-state index is 11.9. The number of nitrogens with zero attached hydrogens (tertiary/aromatic N) is 1. The van der Waals surface area contributed by atoms with Crippen molar-refractivity contribution in [1.82, 2.24) is 10.2 Å². The Bertz CT molecular complexity index is 297. The summed E-state index contributed by atoms with van der Waals surface area (Å²) in [5.74, 6) is -0.493. The Hall–Kier alpha value is -0.820. The van der Waals surface area contributed by atoms with Crippen LogP contribution in [0.15, 0.2) is 0 Å². The van der Waals surface area contributed by atoms with Gasteiger partial charge >= 0.3 is 6.18 Å². The van der Waals surface area contributed by atoms with Crippen LogP contribution in [0.1, 0.15) is 26.7 Å². The molecule has 0 aromatic rings. The van der Waals surface area contributed by atoms with Crippen LogP contribution in [0.5, 0.6) is 0 Å². The lowest BCUT2D eigenvalue weighted by Crippen LogP contribution is -2.44. The minimum Gasteiger partial charge on any atom is -0.359 e. The number of nitrogens with one attached hydrogen (secondary N) is 1. The second-order valence-electron chi connectivity index (χ2n) is 4.74. The molecule has 0 aliphatic carbocycles. The van der Waals surface area contributed by atoms with E-state index in [1.807, 2.05) is 0 Å². The maximum atomic E-state index is 11.9. The molecule has 1 fully saturated rings. The first-order valence-corrected chi connectivity index (χ1v) is 6.53. The Labute approximate surface area is 111 Å². The second-order valence-corrected chi connectivity index (χ2v) is 4.74. The fourth-order valence-corrected chi connectivity index (χ4v) is 2.20. The number of halogens is 3. The molecule has 0 aromatic heterocycles. The highest BCUT2D eigenvalue weighted by Gasteiger charge is 2.30.